The van der Waals surface area contributed by atoms with E-state index in [0.717, 1.165) is 0 Å². The average Bonchev–Trinajstić information content (AvgIpc) is 2.68. The van der Waals surface area contributed by atoms with Crippen LogP contribution < -0.4 is 10.6 Å². The fraction of sp³-hybridized carbons (Fsp3) is 0.300. The molecule has 0 radical (unpaired) electrons. The van der Waals surface area contributed by atoms with E-state index in [9.17, 15) is 9.59 Å². The van der Waals surface area contributed by atoms with E-state index in [1.165, 1.54) is 14.2 Å². The third-order valence-electron chi connectivity index (χ3n) is 4.84. The minimum Gasteiger partial charge on any atom is -0.467 e. The minimum atomic E-state index is -1.38. The molecule has 2 N–H and O–H groups in total. The summed E-state index contributed by atoms with van der Waals surface area (Å²) in [6.45, 7) is 1.68. The Morgan fingerprint density at radius 1 is 1.00 bits per heavy atom. The van der Waals surface area contributed by atoms with Crippen LogP contribution >= 0.6 is 23.2 Å². The van der Waals surface area contributed by atoms with Crippen molar-refractivity contribution in [3.63, 3.8) is 0 Å². The van der Waals surface area contributed by atoms with Crippen LogP contribution in [0.15, 0.2) is 42.5 Å². The van der Waals surface area contributed by atoms with Gasteiger partial charge in [-0.15, -0.1) is 0 Å². The lowest BCUT2D eigenvalue weighted by molar-refractivity contribution is -0.151. The summed E-state index contributed by atoms with van der Waals surface area (Å²) in [6, 6.07) is 12.0. The number of nitrogens with one attached hydrogen (secondary N) is 2. The maximum absolute atomic E-state index is 13.1. The van der Waals surface area contributed by atoms with Crippen LogP contribution in [0, 0.1) is 0 Å². The zero-order valence-corrected chi connectivity index (χ0v) is 17.1. The fourth-order valence-electron chi connectivity index (χ4n) is 3.59. The molecule has 1 heterocycles. The van der Waals surface area contributed by atoms with Crippen LogP contribution in [0.4, 0.5) is 11.4 Å². The monoisotopic (exact) mass is 422 g/mol. The quantitative estimate of drug-likeness (QED) is 0.718. The number of anilines is 2. The van der Waals surface area contributed by atoms with Gasteiger partial charge in [-0.1, -0.05) is 23.2 Å². The SMILES string of the molecule is COC(=O)C1(C)CC(Nc2ccc(Cl)cc2)(C(=O)OC)c2cc(Cl)ccc2N1. The lowest BCUT2D eigenvalue weighted by atomic mass is 9.73. The molecule has 0 saturated heterocycles. The zero-order valence-electron chi connectivity index (χ0n) is 15.6. The third kappa shape index (κ3) is 3.50. The summed E-state index contributed by atoms with van der Waals surface area (Å²) in [5.41, 5.74) is -0.770. The zero-order chi connectivity index (χ0) is 20.5. The molecule has 2 aromatic carbocycles. The highest BCUT2D eigenvalue weighted by molar-refractivity contribution is 6.31. The normalized spacial score (nSPS) is 23.2. The van der Waals surface area contributed by atoms with Gasteiger partial charge in [0.25, 0.3) is 0 Å². The third-order valence-corrected chi connectivity index (χ3v) is 5.33. The number of hydrogen-bond donors (Lipinski definition) is 2. The maximum Gasteiger partial charge on any atom is 0.336 e. The molecule has 8 heteroatoms. The molecule has 1 aliphatic rings. The number of fused-ring (bicyclic) bond motifs is 1. The second kappa shape index (κ2) is 7.53. The van der Waals surface area contributed by atoms with Gasteiger partial charge in [-0.05, 0) is 49.4 Å². The van der Waals surface area contributed by atoms with Crippen molar-refractivity contribution in [2.45, 2.75) is 24.4 Å². The molecule has 0 amide bonds. The molecule has 0 aromatic heterocycles. The summed E-state index contributed by atoms with van der Waals surface area (Å²) in [4.78, 5) is 25.7. The van der Waals surface area contributed by atoms with Gasteiger partial charge in [-0.25, -0.2) is 9.59 Å². The molecule has 0 bridgehead atoms. The maximum atomic E-state index is 13.1. The van der Waals surface area contributed by atoms with Gasteiger partial charge in [0.1, 0.15) is 5.54 Å². The summed E-state index contributed by atoms with van der Waals surface area (Å²) < 4.78 is 10.1. The Kier molecular flexibility index (Phi) is 5.46. The first-order chi connectivity index (χ1) is 13.2. The van der Waals surface area contributed by atoms with Crippen LogP contribution in [0.5, 0.6) is 0 Å². The van der Waals surface area contributed by atoms with E-state index in [1.807, 2.05) is 0 Å². The standard InChI is InChI=1S/C20H20Cl2N2O4/c1-19(17(25)27-2)11-20(18(26)28-3,23-14-7-4-12(21)5-8-14)15-10-13(22)6-9-16(15)24-19/h4-10,23-24H,11H2,1-3H3. The van der Waals surface area contributed by atoms with Crippen molar-refractivity contribution < 1.29 is 19.1 Å². The van der Waals surface area contributed by atoms with Crippen LogP contribution in [-0.4, -0.2) is 31.7 Å². The number of benzene rings is 2. The number of carbonyl (C=O) groups excluding carboxylic acids is 2. The number of ether oxygens (including phenoxy) is 2. The van der Waals surface area contributed by atoms with E-state index >= 15 is 0 Å². The molecule has 1 aliphatic heterocycles. The first-order valence-electron chi connectivity index (χ1n) is 8.53. The van der Waals surface area contributed by atoms with Crippen LogP contribution in [0.1, 0.15) is 18.9 Å². The Labute approximate surface area is 173 Å². The average molecular weight is 423 g/mol. The Bertz CT molecular complexity index is 919. The largest absolute Gasteiger partial charge is 0.467 e. The lowest BCUT2D eigenvalue weighted by Crippen LogP contribution is -2.59. The number of hydrogen-bond acceptors (Lipinski definition) is 6. The minimum absolute atomic E-state index is 0.0370. The van der Waals surface area contributed by atoms with E-state index in [4.69, 9.17) is 32.7 Å². The van der Waals surface area contributed by atoms with Crippen molar-refractivity contribution in [2.24, 2.45) is 0 Å². The van der Waals surface area contributed by atoms with Gasteiger partial charge < -0.3 is 20.1 Å². The molecule has 148 valence electrons. The van der Waals surface area contributed by atoms with Crippen LogP contribution in [0.2, 0.25) is 10.0 Å². The lowest BCUT2D eigenvalue weighted by Gasteiger charge is -2.45. The molecular weight excluding hydrogens is 403 g/mol. The number of rotatable bonds is 4. The Hall–Kier alpha value is -2.44. The molecule has 2 atom stereocenters. The van der Waals surface area contributed by atoms with Crippen molar-refractivity contribution in [2.75, 3.05) is 24.9 Å². The van der Waals surface area contributed by atoms with Crippen molar-refractivity contribution in [3.8, 4) is 0 Å². The van der Waals surface area contributed by atoms with Crippen molar-refractivity contribution >= 4 is 46.5 Å². The molecular formula is C20H20Cl2N2O4. The molecule has 2 aromatic rings. The molecule has 3 rings (SSSR count). The number of halogens is 2. The van der Waals surface area contributed by atoms with Gasteiger partial charge in [0.15, 0.2) is 5.54 Å². The first kappa shape index (κ1) is 20.3. The molecule has 6 nitrogen and oxygen atoms in total. The molecule has 2 unspecified atom stereocenters. The van der Waals surface area contributed by atoms with Crippen molar-refractivity contribution in [1.29, 1.82) is 0 Å². The molecule has 0 fully saturated rings. The summed E-state index contributed by atoms with van der Waals surface area (Å²) in [7, 11) is 2.61. The summed E-state index contributed by atoms with van der Waals surface area (Å²) in [5, 5.41) is 7.44. The fourth-order valence-corrected chi connectivity index (χ4v) is 3.89. The molecule has 0 saturated carbocycles. The Morgan fingerprint density at radius 2 is 1.61 bits per heavy atom. The van der Waals surface area contributed by atoms with E-state index in [1.54, 1.807) is 49.4 Å². The highest BCUT2D eigenvalue weighted by atomic mass is 35.5. The summed E-state index contributed by atoms with van der Waals surface area (Å²) in [6.07, 6.45) is 0.0370. The second-order valence-electron chi connectivity index (χ2n) is 6.84. The summed E-state index contributed by atoms with van der Waals surface area (Å²) in [5.74, 6) is -1.05. The van der Waals surface area contributed by atoms with E-state index in [-0.39, 0.29) is 6.42 Å². The van der Waals surface area contributed by atoms with Crippen LogP contribution in [0.25, 0.3) is 0 Å². The van der Waals surface area contributed by atoms with Gasteiger partial charge in [0.05, 0.1) is 14.2 Å². The van der Waals surface area contributed by atoms with Gasteiger partial charge in [0, 0.05) is 33.4 Å². The highest BCUT2D eigenvalue weighted by Gasteiger charge is 2.55. The topological polar surface area (TPSA) is 76.7 Å². The van der Waals surface area contributed by atoms with Crippen LogP contribution in [0.3, 0.4) is 0 Å². The molecule has 0 spiro atoms. The molecule has 28 heavy (non-hydrogen) atoms. The Morgan fingerprint density at radius 3 is 2.21 bits per heavy atom. The second-order valence-corrected chi connectivity index (χ2v) is 7.72. The van der Waals surface area contributed by atoms with Gasteiger partial charge in [-0.3, -0.25) is 0 Å². The number of carbonyl (C=O) groups is 2. The smallest absolute Gasteiger partial charge is 0.336 e. The van der Waals surface area contributed by atoms with E-state index < -0.39 is 23.0 Å². The van der Waals surface area contributed by atoms with Crippen LogP contribution in [-0.2, 0) is 24.6 Å². The van der Waals surface area contributed by atoms with Crippen molar-refractivity contribution in [1.82, 2.24) is 0 Å². The predicted molar refractivity (Wildman–Crippen MR) is 109 cm³/mol. The van der Waals surface area contributed by atoms with Gasteiger partial charge >= 0.3 is 11.9 Å². The number of methoxy groups -OCH3 is 2. The Balaban J connectivity index is 2.22. The van der Waals surface area contributed by atoms with Gasteiger partial charge in [-0.2, -0.15) is 0 Å². The first-order valence-corrected chi connectivity index (χ1v) is 9.28. The number of esters is 2. The molecule has 0 aliphatic carbocycles. The summed E-state index contributed by atoms with van der Waals surface area (Å²) >= 11 is 12.2. The van der Waals surface area contributed by atoms with E-state index in [0.29, 0.717) is 27.0 Å². The van der Waals surface area contributed by atoms with E-state index in [2.05, 4.69) is 10.6 Å². The van der Waals surface area contributed by atoms with Gasteiger partial charge in [0.2, 0.25) is 0 Å². The van der Waals surface area contributed by atoms with Crippen molar-refractivity contribution in [3.05, 3.63) is 58.1 Å². The predicted octanol–water partition coefficient (Wildman–Crippen LogP) is 4.22. The highest BCUT2D eigenvalue weighted by Crippen LogP contribution is 2.46.